The predicted molar refractivity (Wildman–Crippen MR) is 77.6 cm³/mol. The molecule has 0 fully saturated rings. The zero-order valence-corrected chi connectivity index (χ0v) is 12.2. The van der Waals surface area contributed by atoms with Gasteiger partial charge in [-0.2, -0.15) is 0 Å². The van der Waals surface area contributed by atoms with Crippen molar-refractivity contribution in [1.29, 1.82) is 0 Å². The molecule has 0 saturated carbocycles. The Bertz CT molecular complexity index is 703. The summed E-state index contributed by atoms with van der Waals surface area (Å²) in [4.78, 5) is 13.1. The molecule has 19 heavy (non-hydrogen) atoms. The third kappa shape index (κ3) is 1.93. The summed E-state index contributed by atoms with van der Waals surface area (Å²) in [5.74, 6) is 1.20. The third-order valence-corrected chi connectivity index (χ3v) is 4.49. The lowest BCUT2D eigenvalue weighted by atomic mass is 10.1. The van der Waals surface area contributed by atoms with Crippen molar-refractivity contribution in [2.75, 3.05) is 0 Å². The second-order valence-electron chi connectivity index (χ2n) is 4.76. The van der Waals surface area contributed by atoms with Gasteiger partial charge < -0.3 is 4.57 Å². The van der Waals surface area contributed by atoms with Crippen molar-refractivity contribution in [3.05, 3.63) is 40.9 Å². The van der Waals surface area contributed by atoms with Gasteiger partial charge in [0.05, 0.1) is 23.1 Å². The van der Waals surface area contributed by atoms with E-state index in [0.29, 0.717) is 5.88 Å². The molecule has 0 aromatic carbocycles. The largest absolute Gasteiger partial charge is 0.315 e. The number of aromatic nitrogens is 4. The topological polar surface area (TPSA) is 43.6 Å². The lowest BCUT2D eigenvalue weighted by Gasteiger charge is -2.26. The minimum absolute atomic E-state index is 0.283. The lowest BCUT2D eigenvalue weighted by molar-refractivity contribution is 0.435. The fourth-order valence-corrected chi connectivity index (χ4v) is 3.25. The van der Waals surface area contributed by atoms with Gasteiger partial charge in [-0.25, -0.2) is 9.97 Å². The molecule has 3 rings (SSSR count). The van der Waals surface area contributed by atoms with Crippen LogP contribution >= 0.6 is 22.9 Å². The van der Waals surface area contributed by atoms with Gasteiger partial charge in [0.1, 0.15) is 16.3 Å². The molecule has 0 aliphatic rings. The molecule has 98 valence electrons. The van der Waals surface area contributed by atoms with Crippen molar-refractivity contribution in [2.45, 2.75) is 25.3 Å². The number of alkyl halides is 1. The van der Waals surface area contributed by atoms with Crippen LogP contribution < -0.4 is 0 Å². The Kier molecular flexibility index (Phi) is 3.03. The van der Waals surface area contributed by atoms with Gasteiger partial charge in [0.2, 0.25) is 0 Å². The van der Waals surface area contributed by atoms with Crippen LogP contribution in [0.25, 0.3) is 11.0 Å². The minimum atomic E-state index is -0.283. The third-order valence-electron chi connectivity index (χ3n) is 3.16. The van der Waals surface area contributed by atoms with E-state index >= 15 is 0 Å². The second kappa shape index (κ2) is 4.58. The summed E-state index contributed by atoms with van der Waals surface area (Å²) >= 11 is 7.69. The zero-order valence-electron chi connectivity index (χ0n) is 10.7. The first-order valence-corrected chi connectivity index (χ1v) is 7.34. The summed E-state index contributed by atoms with van der Waals surface area (Å²) in [7, 11) is 0. The zero-order chi connectivity index (χ0) is 13.5. The standard InChI is InChI=1S/C13H13ClN4S/c1-13(2,12-16-5-6-19-12)18-10-3-4-15-8-9(10)17-11(18)7-14/h3-6,8H,7H2,1-2H3. The minimum Gasteiger partial charge on any atom is -0.315 e. The smallest absolute Gasteiger partial charge is 0.125 e. The molecular formula is C13H13ClN4S. The van der Waals surface area contributed by atoms with Gasteiger partial charge in [-0.1, -0.05) is 0 Å². The van der Waals surface area contributed by atoms with Crippen LogP contribution in [0.2, 0.25) is 0 Å². The van der Waals surface area contributed by atoms with E-state index in [1.165, 1.54) is 0 Å². The Morgan fingerprint density at radius 2 is 2.21 bits per heavy atom. The summed E-state index contributed by atoms with van der Waals surface area (Å²) in [6, 6.07) is 1.97. The van der Waals surface area contributed by atoms with Crippen LogP contribution in [0.15, 0.2) is 30.0 Å². The van der Waals surface area contributed by atoms with E-state index in [0.717, 1.165) is 21.9 Å². The fraction of sp³-hybridized carbons (Fsp3) is 0.308. The molecule has 0 spiro atoms. The van der Waals surface area contributed by atoms with Crippen LogP contribution in [-0.2, 0) is 11.4 Å². The maximum absolute atomic E-state index is 6.05. The number of fused-ring (bicyclic) bond motifs is 1. The van der Waals surface area contributed by atoms with Crippen LogP contribution in [0.3, 0.4) is 0 Å². The van der Waals surface area contributed by atoms with Gasteiger partial charge in [-0.05, 0) is 19.9 Å². The van der Waals surface area contributed by atoms with Crippen LogP contribution in [0.1, 0.15) is 24.7 Å². The molecule has 0 N–H and O–H groups in total. The Hall–Kier alpha value is -1.46. The fourth-order valence-electron chi connectivity index (χ4n) is 2.32. The second-order valence-corrected chi connectivity index (χ2v) is 5.92. The summed E-state index contributed by atoms with van der Waals surface area (Å²) in [5, 5.41) is 3.02. The van der Waals surface area contributed by atoms with Crippen molar-refractivity contribution >= 4 is 34.0 Å². The highest BCUT2D eigenvalue weighted by atomic mass is 35.5. The molecule has 3 aromatic rings. The van der Waals surface area contributed by atoms with Gasteiger partial charge >= 0.3 is 0 Å². The molecule has 0 atom stereocenters. The molecule has 0 aliphatic carbocycles. The lowest BCUT2D eigenvalue weighted by Crippen LogP contribution is -2.29. The summed E-state index contributed by atoms with van der Waals surface area (Å²) in [5.41, 5.74) is 1.61. The SMILES string of the molecule is CC(C)(c1nccs1)n1c(CCl)nc2cnccc21. The molecule has 4 nitrogen and oxygen atoms in total. The normalized spacial score (nSPS) is 12.2. The summed E-state index contributed by atoms with van der Waals surface area (Å²) in [6.07, 6.45) is 5.36. The molecule has 6 heteroatoms. The Morgan fingerprint density at radius 3 is 2.89 bits per heavy atom. The van der Waals surface area contributed by atoms with Crippen LogP contribution in [0.5, 0.6) is 0 Å². The Morgan fingerprint density at radius 1 is 1.37 bits per heavy atom. The number of thiazole rings is 1. The molecule has 3 heterocycles. The van der Waals surface area contributed by atoms with E-state index in [4.69, 9.17) is 11.6 Å². The summed E-state index contributed by atoms with van der Waals surface area (Å²) in [6.45, 7) is 4.26. The van der Waals surface area contributed by atoms with Gasteiger partial charge in [0, 0.05) is 17.8 Å². The number of hydrogen-bond donors (Lipinski definition) is 0. The maximum atomic E-state index is 6.05. The van der Waals surface area contributed by atoms with E-state index in [2.05, 4.69) is 33.4 Å². The van der Waals surface area contributed by atoms with Crippen molar-refractivity contribution in [3.63, 3.8) is 0 Å². The first-order chi connectivity index (χ1) is 9.14. The molecule has 3 aromatic heterocycles. The van der Waals surface area contributed by atoms with Gasteiger partial charge in [0.15, 0.2) is 0 Å². The average Bonchev–Trinajstić information content (AvgIpc) is 3.05. The van der Waals surface area contributed by atoms with Crippen LogP contribution in [0, 0.1) is 0 Å². The molecule has 0 aliphatic heterocycles. The monoisotopic (exact) mass is 292 g/mol. The number of imidazole rings is 1. The molecular weight excluding hydrogens is 280 g/mol. The van der Waals surface area contributed by atoms with Gasteiger partial charge in [0.25, 0.3) is 0 Å². The molecule has 0 amide bonds. The predicted octanol–water partition coefficient (Wildman–Crippen LogP) is 3.41. The van der Waals surface area contributed by atoms with Gasteiger partial charge in [-0.15, -0.1) is 22.9 Å². The van der Waals surface area contributed by atoms with E-state index in [9.17, 15) is 0 Å². The van der Waals surface area contributed by atoms with Crippen molar-refractivity contribution in [1.82, 2.24) is 19.5 Å². The van der Waals surface area contributed by atoms with E-state index in [1.54, 1.807) is 23.7 Å². The van der Waals surface area contributed by atoms with E-state index < -0.39 is 0 Å². The molecule has 0 radical (unpaired) electrons. The molecule has 0 unspecified atom stereocenters. The van der Waals surface area contributed by atoms with Crippen LogP contribution in [-0.4, -0.2) is 19.5 Å². The number of hydrogen-bond acceptors (Lipinski definition) is 4. The van der Waals surface area contributed by atoms with Crippen molar-refractivity contribution in [3.8, 4) is 0 Å². The van der Waals surface area contributed by atoms with Crippen molar-refractivity contribution < 1.29 is 0 Å². The first kappa shape index (κ1) is 12.6. The highest BCUT2D eigenvalue weighted by Gasteiger charge is 2.29. The molecule has 0 bridgehead atoms. The van der Waals surface area contributed by atoms with E-state index in [-0.39, 0.29) is 5.54 Å². The average molecular weight is 293 g/mol. The first-order valence-electron chi connectivity index (χ1n) is 5.92. The Labute approximate surface area is 120 Å². The van der Waals surface area contributed by atoms with Crippen molar-refractivity contribution in [2.24, 2.45) is 0 Å². The number of halogens is 1. The molecule has 0 saturated heterocycles. The number of pyridine rings is 1. The van der Waals surface area contributed by atoms with Gasteiger partial charge in [-0.3, -0.25) is 4.98 Å². The summed E-state index contributed by atoms with van der Waals surface area (Å²) < 4.78 is 2.15. The maximum Gasteiger partial charge on any atom is 0.125 e. The van der Waals surface area contributed by atoms with E-state index in [1.807, 2.05) is 17.6 Å². The Balaban J connectivity index is 2.29. The quantitative estimate of drug-likeness (QED) is 0.695. The van der Waals surface area contributed by atoms with Crippen LogP contribution in [0.4, 0.5) is 0 Å². The highest BCUT2D eigenvalue weighted by molar-refractivity contribution is 7.09. The number of rotatable bonds is 3. The number of nitrogens with zero attached hydrogens (tertiary/aromatic N) is 4. The highest BCUT2D eigenvalue weighted by Crippen LogP contribution is 2.32.